The Kier molecular flexibility index (Phi) is 4.03. The highest BCUT2D eigenvalue weighted by Crippen LogP contribution is 2.28. The molecular weight excluding hydrogens is 286 g/mol. The van der Waals surface area contributed by atoms with E-state index >= 15 is 0 Å². The summed E-state index contributed by atoms with van der Waals surface area (Å²) >= 11 is 5.84. The van der Waals surface area contributed by atoms with E-state index in [9.17, 15) is 8.42 Å². The van der Waals surface area contributed by atoms with E-state index in [-0.39, 0.29) is 15.7 Å². The van der Waals surface area contributed by atoms with E-state index in [2.05, 4.69) is 18.8 Å². The van der Waals surface area contributed by atoms with Gasteiger partial charge in [0.05, 0.1) is 5.02 Å². The van der Waals surface area contributed by atoms with Crippen molar-refractivity contribution in [3.63, 3.8) is 0 Å². The highest BCUT2D eigenvalue weighted by molar-refractivity contribution is 7.89. The van der Waals surface area contributed by atoms with Gasteiger partial charge in [0.1, 0.15) is 10.7 Å². The fraction of sp³-hybridized carbons (Fsp3) is 0.583. The third-order valence-corrected chi connectivity index (χ3v) is 5.91. The van der Waals surface area contributed by atoms with Crippen LogP contribution in [-0.4, -0.2) is 30.8 Å². The molecule has 2 rings (SSSR count). The number of nitrogens with two attached hydrogens (primary N) is 1. The standard InChI is InChI=1S/C12H18ClN3O2S/c1-8-3-4-16(7-9(8)2)19(17,18)10-5-11(13)12(14)15-6-10/h5-6,8-9H,3-4,7H2,1-2H3,(H2,14,15). The lowest BCUT2D eigenvalue weighted by Crippen LogP contribution is -2.42. The number of rotatable bonds is 2. The first-order valence-electron chi connectivity index (χ1n) is 6.23. The van der Waals surface area contributed by atoms with Crippen LogP contribution in [0.3, 0.4) is 0 Å². The lowest BCUT2D eigenvalue weighted by Gasteiger charge is -2.34. The van der Waals surface area contributed by atoms with Crippen molar-refractivity contribution in [1.29, 1.82) is 0 Å². The molecule has 0 spiro atoms. The number of halogens is 1. The zero-order valence-corrected chi connectivity index (χ0v) is 12.6. The van der Waals surface area contributed by atoms with Crippen molar-refractivity contribution < 1.29 is 8.42 Å². The van der Waals surface area contributed by atoms with Gasteiger partial charge in [-0.05, 0) is 24.3 Å². The molecular formula is C12H18ClN3O2S. The molecule has 1 aromatic heterocycles. The van der Waals surface area contributed by atoms with Crippen LogP contribution in [-0.2, 0) is 10.0 Å². The highest BCUT2D eigenvalue weighted by atomic mass is 35.5. The van der Waals surface area contributed by atoms with Gasteiger partial charge in [-0.1, -0.05) is 25.4 Å². The van der Waals surface area contributed by atoms with Gasteiger partial charge in [-0.2, -0.15) is 4.31 Å². The van der Waals surface area contributed by atoms with Crippen LogP contribution in [0.15, 0.2) is 17.2 Å². The van der Waals surface area contributed by atoms with Gasteiger partial charge in [0.2, 0.25) is 10.0 Å². The Bertz CT molecular complexity index is 576. The topological polar surface area (TPSA) is 76.3 Å². The van der Waals surface area contributed by atoms with Gasteiger partial charge in [0.15, 0.2) is 0 Å². The molecule has 0 amide bonds. The Morgan fingerprint density at radius 1 is 1.42 bits per heavy atom. The molecule has 1 aliphatic rings. The summed E-state index contributed by atoms with van der Waals surface area (Å²) in [6.07, 6.45) is 2.13. The van der Waals surface area contributed by atoms with Crippen LogP contribution >= 0.6 is 11.6 Å². The summed E-state index contributed by atoms with van der Waals surface area (Å²) in [5, 5.41) is 0.166. The predicted octanol–water partition coefficient (Wildman–Crippen LogP) is 1.98. The molecule has 0 aliphatic carbocycles. The van der Waals surface area contributed by atoms with E-state index in [4.69, 9.17) is 17.3 Å². The number of sulfonamides is 1. The smallest absolute Gasteiger partial charge is 0.244 e. The largest absolute Gasteiger partial charge is 0.382 e. The third-order valence-electron chi connectivity index (χ3n) is 3.78. The molecule has 1 fully saturated rings. The van der Waals surface area contributed by atoms with Gasteiger partial charge in [-0.25, -0.2) is 13.4 Å². The van der Waals surface area contributed by atoms with Crippen LogP contribution < -0.4 is 5.73 Å². The van der Waals surface area contributed by atoms with Crippen molar-refractivity contribution in [2.24, 2.45) is 11.8 Å². The molecule has 1 saturated heterocycles. The van der Waals surface area contributed by atoms with Gasteiger partial charge < -0.3 is 5.73 Å². The van der Waals surface area contributed by atoms with E-state index < -0.39 is 10.0 Å². The molecule has 2 N–H and O–H groups in total. The minimum absolute atomic E-state index is 0.105. The van der Waals surface area contributed by atoms with Crippen molar-refractivity contribution in [3.05, 3.63) is 17.3 Å². The lowest BCUT2D eigenvalue weighted by atomic mass is 9.90. The second-order valence-corrected chi connectivity index (χ2v) is 7.49. The summed E-state index contributed by atoms with van der Waals surface area (Å²) in [6, 6.07) is 1.36. The number of anilines is 1. The van der Waals surface area contributed by atoms with Gasteiger partial charge in [0, 0.05) is 19.3 Å². The molecule has 2 heterocycles. The Morgan fingerprint density at radius 2 is 2.11 bits per heavy atom. The molecule has 0 aromatic carbocycles. The van der Waals surface area contributed by atoms with Crippen LogP contribution in [0.2, 0.25) is 5.02 Å². The zero-order chi connectivity index (χ0) is 14.2. The minimum Gasteiger partial charge on any atom is -0.382 e. The Hall–Kier alpha value is -0.850. The van der Waals surface area contributed by atoms with E-state index in [1.54, 1.807) is 0 Å². The summed E-state index contributed by atoms with van der Waals surface area (Å²) < 4.78 is 26.5. The van der Waals surface area contributed by atoms with E-state index in [0.29, 0.717) is 24.9 Å². The fourth-order valence-corrected chi connectivity index (χ4v) is 3.92. The molecule has 2 atom stereocenters. The van der Waals surface area contributed by atoms with Crippen LogP contribution in [0.1, 0.15) is 20.3 Å². The normalized spacial score (nSPS) is 25.4. The monoisotopic (exact) mass is 303 g/mol. The van der Waals surface area contributed by atoms with Gasteiger partial charge in [-0.15, -0.1) is 0 Å². The second-order valence-electron chi connectivity index (χ2n) is 5.14. The summed E-state index contributed by atoms with van der Waals surface area (Å²) in [6.45, 7) is 5.29. The number of hydrogen-bond acceptors (Lipinski definition) is 4. The van der Waals surface area contributed by atoms with Gasteiger partial charge in [-0.3, -0.25) is 0 Å². The third kappa shape index (κ3) is 2.85. The Morgan fingerprint density at radius 3 is 2.68 bits per heavy atom. The summed E-state index contributed by atoms with van der Waals surface area (Å²) in [7, 11) is -3.53. The summed E-state index contributed by atoms with van der Waals surface area (Å²) in [5.74, 6) is 1.03. The van der Waals surface area contributed by atoms with Crippen LogP contribution in [0, 0.1) is 11.8 Å². The molecule has 0 saturated carbocycles. The number of nitrogens with zero attached hydrogens (tertiary/aromatic N) is 2. The molecule has 106 valence electrons. The maximum atomic E-state index is 12.5. The number of nitrogen functional groups attached to an aromatic ring is 1. The average Bonchev–Trinajstić information content (AvgIpc) is 2.35. The number of aromatic nitrogens is 1. The average molecular weight is 304 g/mol. The van der Waals surface area contributed by atoms with Crippen molar-refractivity contribution in [1.82, 2.24) is 9.29 Å². The van der Waals surface area contributed by atoms with E-state index in [0.717, 1.165) is 6.42 Å². The Labute approximate surface area is 118 Å². The van der Waals surface area contributed by atoms with Crippen LogP contribution in [0.5, 0.6) is 0 Å². The summed E-state index contributed by atoms with van der Waals surface area (Å²) in [4.78, 5) is 3.92. The van der Waals surface area contributed by atoms with Gasteiger partial charge >= 0.3 is 0 Å². The highest BCUT2D eigenvalue weighted by Gasteiger charge is 2.32. The summed E-state index contributed by atoms with van der Waals surface area (Å²) in [5.41, 5.74) is 5.50. The van der Waals surface area contributed by atoms with E-state index in [1.807, 2.05) is 0 Å². The number of pyridine rings is 1. The molecule has 7 heteroatoms. The lowest BCUT2D eigenvalue weighted by molar-refractivity contribution is 0.212. The maximum Gasteiger partial charge on any atom is 0.244 e. The van der Waals surface area contributed by atoms with Crippen LogP contribution in [0.25, 0.3) is 0 Å². The molecule has 0 bridgehead atoms. The number of hydrogen-bond donors (Lipinski definition) is 1. The SMILES string of the molecule is CC1CCN(S(=O)(=O)c2cnc(N)c(Cl)c2)CC1C. The zero-order valence-electron chi connectivity index (χ0n) is 11.0. The quantitative estimate of drug-likeness (QED) is 0.906. The fourth-order valence-electron chi connectivity index (χ4n) is 2.16. The minimum atomic E-state index is -3.53. The first kappa shape index (κ1) is 14.6. The van der Waals surface area contributed by atoms with Crippen molar-refractivity contribution in [2.75, 3.05) is 18.8 Å². The maximum absolute atomic E-state index is 12.5. The van der Waals surface area contributed by atoms with Crippen LogP contribution in [0.4, 0.5) is 5.82 Å². The number of piperidine rings is 1. The Balaban J connectivity index is 2.29. The molecule has 1 aromatic rings. The van der Waals surface area contributed by atoms with Crippen molar-refractivity contribution in [3.8, 4) is 0 Å². The second kappa shape index (κ2) is 5.26. The van der Waals surface area contributed by atoms with Crippen molar-refractivity contribution in [2.45, 2.75) is 25.2 Å². The molecule has 5 nitrogen and oxygen atoms in total. The van der Waals surface area contributed by atoms with Gasteiger partial charge in [0.25, 0.3) is 0 Å². The van der Waals surface area contributed by atoms with E-state index in [1.165, 1.54) is 16.6 Å². The molecule has 1 aliphatic heterocycles. The first-order valence-corrected chi connectivity index (χ1v) is 8.05. The first-order chi connectivity index (χ1) is 8.82. The molecule has 2 unspecified atom stereocenters. The van der Waals surface area contributed by atoms with Crippen molar-refractivity contribution >= 4 is 27.4 Å². The molecule has 19 heavy (non-hydrogen) atoms. The molecule has 0 radical (unpaired) electrons. The predicted molar refractivity (Wildman–Crippen MR) is 75.4 cm³/mol.